The van der Waals surface area contributed by atoms with Crippen LogP contribution in [0.25, 0.3) is 22.3 Å². The van der Waals surface area contributed by atoms with Gasteiger partial charge in [0.1, 0.15) is 11.5 Å². The van der Waals surface area contributed by atoms with E-state index >= 15 is 0 Å². The lowest BCUT2D eigenvalue weighted by Gasteiger charge is -2.16. The number of phenols is 2. The maximum atomic E-state index is 10.6. The number of phenolic OH excluding ortho intramolecular Hbond substituents is 2. The van der Waals surface area contributed by atoms with E-state index in [1.54, 1.807) is 36.9 Å². The van der Waals surface area contributed by atoms with E-state index in [-0.39, 0.29) is 11.5 Å². The number of hydrogen-bond acceptors (Lipinski definition) is 4. The van der Waals surface area contributed by atoms with Gasteiger partial charge in [-0.3, -0.25) is 9.97 Å². The summed E-state index contributed by atoms with van der Waals surface area (Å²) in [5.74, 6) is 0.404. The highest BCUT2D eigenvalue weighted by Gasteiger charge is 2.16. The Balaban J connectivity index is 1.85. The lowest BCUT2D eigenvalue weighted by molar-refractivity contribution is 0.463. The zero-order valence-electron chi connectivity index (χ0n) is 14.6. The van der Waals surface area contributed by atoms with Crippen LogP contribution in [-0.2, 0) is 6.42 Å². The van der Waals surface area contributed by atoms with Crippen LogP contribution in [0.1, 0.15) is 11.1 Å². The third-order valence-corrected chi connectivity index (χ3v) is 4.64. The molecule has 0 spiro atoms. The molecule has 0 aliphatic heterocycles. The third-order valence-electron chi connectivity index (χ3n) is 4.64. The fourth-order valence-corrected chi connectivity index (χ4v) is 3.30. The van der Waals surface area contributed by atoms with Crippen LogP contribution in [0.2, 0.25) is 0 Å². The first kappa shape index (κ1) is 16.8. The molecule has 27 heavy (non-hydrogen) atoms. The standard InChI is InChI=1S/C23H18N2O2/c26-22-5-1-3-18(16-7-11-24-12-8-16)20(22)15-21-19(4-2-6-23(21)27)17-9-13-25-14-10-17/h1-14,26-27H,15H2. The molecule has 0 amide bonds. The molecule has 0 saturated carbocycles. The molecule has 4 nitrogen and oxygen atoms in total. The number of rotatable bonds is 4. The predicted molar refractivity (Wildman–Crippen MR) is 105 cm³/mol. The van der Waals surface area contributed by atoms with Crippen LogP contribution in [0.5, 0.6) is 11.5 Å². The molecule has 4 heteroatoms. The van der Waals surface area contributed by atoms with Crippen LogP contribution in [0.4, 0.5) is 0 Å². The Kier molecular flexibility index (Phi) is 4.54. The van der Waals surface area contributed by atoms with E-state index in [0.29, 0.717) is 6.42 Å². The summed E-state index contributed by atoms with van der Waals surface area (Å²) in [6.07, 6.45) is 7.31. The third kappa shape index (κ3) is 3.37. The molecule has 0 saturated heterocycles. The summed E-state index contributed by atoms with van der Waals surface area (Å²) in [7, 11) is 0. The molecule has 0 aliphatic rings. The number of aromatic nitrogens is 2. The largest absolute Gasteiger partial charge is 0.508 e. The van der Waals surface area contributed by atoms with Gasteiger partial charge in [-0.15, -0.1) is 0 Å². The van der Waals surface area contributed by atoms with Crippen molar-refractivity contribution in [2.75, 3.05) is 0 Å². The lowest BCUT2D eigenvalue weighted by Crippen LogP contribution is -1.97. The quantitative estimate of drug-likeness (QED) is 0.552. The van der Waals surface area contributed by atoms with E-state index in [1.807, 2.05) is 48.5 Å². The van der Waals surface area contributed by atoms with Crippen molar-refractivity contribution < 1.29 is 10.2 Å². The van der Waals surface area contributed by atoms with Crippen molar-refractivity contribution in [2.45, 2.75) is 6.42 Å². The molecule has 4 aromatic rings. The Morgan fingerprint density at radius 3 is 1.37 bits per heavy atom. The van der Waals surface area contributed by atoms with Gasteiger partial charge in [0.05, 0.1) is 0 Å². The highest BCUT2D eigenvalue weighted by molar-refractivity contribution is 5.74. The maximum Gasteiger partial charge on any atom is 0.119 e. The lowest BCUT2D eigenvalue weighted by atomic mass is 9.90. The van der Waals surface area contributed by atoms with Crippen LogP contribution in [0, 0.1) is 0 Å². The highest BCUT2D eigenvalue weighted by Crippen LogP contribution is 2.37. The second kappa shape index (κ2) is 7.30. The van der Waals surface area contributed by atoms with E-state index in [1.165, 1.54) is 0 Å². The number of aromatic hydroxyl groups is 2. The summed E-state index contributed by atoms with van der Waals surface area (Å²) in [5, 5.41) is 21.1. The molecule has 2 aromatic heterocycles. The molecule has 2 aromatic carbocycles. The van der Waals surface area contributed by atoms with Gasteiger partial charge < -0.3 is 10.2 Å². The summed E-state index contributed by atoms with van der Waals surface area (Å²) in [6.45, 7) is 0. The average Bonchev–Trinajstić information content (AvgIpc) is 2.72. The first-order valence-corrected chi connectivity index (χ1v) is 8.66. The molecular weight excluding hydrogens is 336 g/mol. The minimum absolute atomic E-state index is 0.202. The zero-order chi connectivity index (χ0) is 18.6. The molecule has 0 atom stereocenters. The fraction of sp³-hybridized carbons (Fsp3) is 0.0435. The zero-order valence-corrected chi connectivity index (χ0v) is 14.6. The normalized spacial score (nSPS) is 10.7. The van der Waals surface area contributed by atoms with Gasteiger partial charge >= 0.3 is 0 Å². The average molecular weight is 354 g/mol. The van der Waals surface area contributed by atoms with Crippen LogP contribution >= 0.6 is 0 Å². The first-order valence-electron chi connectivity index (χ1n) is 8.66. The molecule has 0 bridgehead atoms. The topological polar surface area (TPSA) is 66.2 Å². The molecule has 0 radical (unpaired) electrons. The van der Waals surface area contributed by atoms with Gasteiger partial charge in [-0.05, 0) is 58.7 Å². The molecule has 4 rings (SSSR count). The van der Waals surface area contributed by atoms with Crippen molar-refractivity contribution in [3.05, 3.63) is 96.6 Å². The van der Waals surface area contributed by atoms with Gasteiger partial charge in [-0.1, -0.05) is 24.3 Å². The number of pyridine rings is 2. The molecule has 0 aliphatic carbocycles. The smallest absolute Gasteiger partial charge is 0.119 e. The Morgan fingerprint density at radius 1 is 0.556 bits per heavy atom. The summed E-state index contributed by atoms with van der Waals surface area (Å²) in [6, 6.07) is 18.6. The minimum atomic E-state index is 0.202. The Morgan fingerprint density at radius 2 is 0.963 bits per heavy atom. The predicted octanol–water partition coefficient (Wildman–Crippen LogP) is 4.81. The van der Waals surface area contributed by atoms with Gasteiger partial charge in [0.15, 0.2) is 0 Å². The van der Waals surface area contributed by atoms with Crippen LogP contribution in [0.3, 0.4) is 0 Å². The second-order valence-electron chi connectivity index (χ2n) is 6.26. The van der Waals surface area contributed by atoms with Gasteiger partial charge in [0.2, 0.25) is 0 Å². The van der Waals surface area contributed by atoms with Crippen molar-refractivity contribution in [2.24, 2.45) is 0 Å². The summed E-state index contributed by atoms with van der Waals surface area (Å²) >= 11 is 0. The molecule has 2 N–H and O–H groups in total. The molecule has 0 unspecified atom stereocenters. The van der Waals surface area contributed by atoms with Crippen LogP contribution in [0.15, 0.2) is 85.5 Å². The van der Waals surface area contributed by atoms with E-state index in [4.69, 9.17) is 0 Å². The van der Waals surface area contributed by atoms with Crippen molar-refractivity contribution >= 4 is 0 Å². The van der Waals surface area contributed by atoms with Crippen LogP contribution < -0.4 is 0 Å². The van der Waals surface area contributed by atoms with E-state index in [9.17, 15) is 10.2 Å². The molecular formula is C23H18N2O2. The van der Waals surface area contributed by atoms with E-state index in [2.05, 4.69) is 9.97 Å². The Hall–Kier alpha value is -3.66. The summed E-state index contributed by atoms with van der Waals surface area (Å²) in [5.41, 5.74) is 5.30. The Bertz CT molecular complexity index is 977. The second-order valence-corrected chi connectivity index (χ2v) is 6.26. The van der Waals surface area contributed by atoms with E-state index < -0.39 is 0 Å². The van der Waals surface area contributed by atoms with Gasteiger partial charge in [-0.2, -0.15) is 0 Å². The van der Waals surface area contributed by atoms with Crippen molar-refractivity contribution in [3.8, 4) is 33.8 Å². The molecule has 132 valence electrons. The summed E-state index contributed by atoms with van der Waals surface area (Å²) < 4.78 is 0. The molecule has 0 fully saturated rings. The van der Waals surface area contributed by atoms with Crippen LogP contribution in [-0.4, -0.2) is 20.2 Å². The first-order chi connectivity index (χ1) is 13.2. The van der Waals surface area contributed by atoms with E-state index in [0.717, 1.165) is 33.4 Å². The van der Waals surface area contributed by atoms with Crippen molar-refractivity contribution in [3.63, 3.8) is 0 Å². The Labute approximate surface area is 157 Å². The highest BCUT2D eigenvalue weighted by atomic mass is 16.3. The summed E-state index contributed by atoms with van der Waals surface area (Å²) in [4.78, 5) is 8.13. The minimum Gasteiger partial charge on any atom is -0.508 e. The maximum absolute atomic E-state index is 10.6. The molecule has 2 heterocycles. The fourth-order valence-electron chi connectivity index (χ4n) is 3.30. The van der Waals surface area contributed by atoms with Crippen molar-refractivity contribution in [1.82, 2.24) is 9.97 Å². The van der Waals surface area contributed by atoms with Gasteiger partial charge in [-0.25, -0.2) is 0 Å². The SMILES string of the molecule is Oc1cccc(-c2ccncc2)c1Cc1c(O)cccc1-c1ccncc1. The number of hydrogen-bond donors (Lipinski definition) is 2. The number of nitrogens with zero attached hydrogens (tertiary/aromatic N) is 2. The monoisotopic (exact) mass is 354 g/mol. The van der Waals surface area contributed by atoms with Gasteiger partial charge in [0, 0.05) is 42.3 Å². The van der Waals surface area contributed by atoms with Crippen molar-refractivity contribution in [1.29, 1.82) is 0 Å². The number of benzene rings is 2. The van der Waals surface area contributed by atoms with Gasteiger partial charge in [0.25, 0.3) is 0 Å².